The molecule has 1 aliphatic rings. The number of alkyl carbamates (subject to hydrolysis) is 2. The predicted octanol–water partition coefficient (Wildman–Crippen LogP) is 1.10. The zero-order chi connectivity index (χ0) is 22.2. The summed E-state index contributed by atoms with van der Waals surface area (Å²) in [5, 5.41) is 4.99. The number of rotatable bonds is 5. The maximum atomic E-state index is 12.2. The molecule has 29 heavy (non-hydrogen) atoms. The Morgan fingerprint density at radius 3 is 1.59 bits per heavy atom. The van der Waals surface area contributed by atoms with E-state index in [-0.39, 0.29) is 31.3 Å². The third kappa shape index (κ3) is 10.6. The Bertz CT molecular complexity index is 601. The van der Waals surface area contributed by atoms with Crippen molar-refractivity contribution >= 4 is 24.0 Å². The monoisotopic (exact) mass is 414 g/mol. The molecular formula is C19H34N4O6. The van der Waals surface area contributed by atoms with E-state index in [4.69, 9.17) is 9.47 Å². The standard InChI is InChI=1S/C19H34N4O6/c1-18(2,3)28-16(26)20-8-7-14(24)22-9-11-23(12-10-22)15(25)13-21-17(27)29-19(4,5)6/h7-13H2,1-6H3,(H,20,26)(H,21,27). The molecule has 0 radical (unpaired) electrons. The minimum Gasteiger partial charge on any atom is -0.444 e. The third-order valence-corrected chi connectivity index (χ3v) is 3.78. The number of carbonyl (C=O) groups excluding carboxylic acids is 4. The van der Waals surface area contributed by atoms with E-state index in [1.54, 1.807) is 51.3 Å². The lowest BCUT2D eigenvalue weighted by atomic mass is 10.2. The Morgan fingerprint density at radius 2 is 1.14 bits per heavy atom. The van der Waals surface area contributed by atoms with Crippen molar-refractivity contribution in [2.75, 3.05) is 39.3 Å². The van der Waals surface area contributed by atoms with Gasteiger partial charge in [0.25, 0.3) is 0 Å². The maximum Gasteiger partial charge on any atom is 0.408 e. The van der Waals surface area contributed by atoms with Crippen LogP contribution in [0.5, 0.6) is 0 Å². The summed E-state index contributed by atoms with van der Waals surface area (Å²) >= 11 is 0. The topological polar surface area (TPSA) is 117 Å². The summed E-state index contributed by atoms with van der Waals surface area (Å²) in [4.78, 5) is 50.9. The predicted molar refractivity (Wildman–Crippen MR) is 106 cm³/mol. The molecule has 0 aliphatic carbocycles. The largest absolute Gasteiger partial charge is 0.444 e. The number of nitrogens with zero attached hydrogens (tertiary/aromatic N) is 2. The zero-order valence-electron chi connectivity index (χ0n) is 18.3. The van der Waals surface area contributed by atoms with E-state index in [2.05, 4.69) is 10.6 Å². The molecule has 4 amide bonds. The Hall–Kier alpha value is -2.52. The van der Waals surface area contributed by atoms with Gasteiger partial charge in [-0.05, 0) is 41.5 Å². The molecule has 0 aromatic carbocycles. The SMILES string of the molecule is CC(C)(C)OC(=O)NCCC(=O)N1CCN(C(=O)CNC(=O)OC(C)(C)C)CC1. The van der Waals surface area contributed by atoms with Crippen LogP contribution < -0.4 is 10.6 Å². The number of hydrogen-bond acceptors (Lipinski definition) is 6. The van der Waals surface area contributed by atoms with E-state index >= 15 is 0 Å². The minimum absolute atomic E-state index is 0.0972. The highest BCUT2D eigenvalue weighted by molar-refractivity contribution is 5.83. The van der Waals surface area contributed by atoms with Crippen LogP contribution in [0.1, 0.15) is 48.0 Å². The van der Waals surface area contributed by atoms with Crippen LogP contribution in [0.3, 0.4) is 0 Å². The zero-order valence-corrected chi connectivity index (χ0v) is 18.3. The van der Waals surface area contributed by atoms with Crippen LogP contribution in [-0.4, -0.2) is 84.3 Å². The van der Waals surface area contributed by atoms with E-state index in [9.17, 15) is 19.2 Å². The first-order chi connectivity index (χ1) is 13.3. The van der Waals surface area contributed by atoms with Crippen LogP contribution in [0.15, 0.2) is 0 Å². The van der Waals surface area contributed by atoms with Crippen molar-refractivity contribution < 1.29 is 28.7 Å². The summed E-state index contributed by atoms with van der Waals surface area (Å²) in [5.74, 6) is -0.324. The van der Waals surface area contributed by atoms with Gasteiger partial charge in [-0.2, -0.15) is 0 Å². The van der Waals surface area contributed by atoms with Crippen molar-refractivity contribution in [2.24, 2.45) is 0 Å². The molecule has 0 aromatic heterocycles. The summed E-state index contributed by atoms with van der Waals surface area (Å²) in [7, 11) is 0. The molecule has 10 heteroatoms. The second-order valence-corrected chi connectivity index (χ2v) is 8.80. The molecule has 2 N–H and O–H groups in total. The van der Waals surface area contributed by atoms with Gasteiger partial charge < -0.3 is 29.9 Å². The van der Waals surface area contributed by atoms with Gasteiger partial charge >= 0.3 is 12.2 Å². The second-order valence-electron chi connectivity index (χ2n) is 8.80. The van der Waals surface area contributed by atoms with Gasteiger partial charge in [-0.3, -0.25) is 9.59 Å². The molecule has 166 valence electrons. The normalized spacial score (nSPS) is 14.8. The Morgan fingerprint density at radius 1 is 0.724 bits per heavy atom. The van der Waals surface area contributed by atoms with Crippen LogP contribution in [0.4, 0.5) is 9.59 Å². The Balaban J connectivity index is 2.27. The third-order valence-electron chi connectivity index (χ3n) is 3.78. The van der Waals surface area contributed by atoms with Gasteiger partial charge in [0.2, 0.25) is 11.8 Å². The first kappa shape index (κ1) is 24.5. The molecule has 0 atom stereocenters. The number of amides is 4. The lowest BCUT2D eigenvalue weighted by Crippen LogP contribution is -2.53. The van der Waals surface area contributed by atoms with Crippen LogP contribution in [0.25, 0.3) is 0 Å². The molecule has 1 aliphatic heterocycles. The molecule has 1 heterocycles. The number of ether oxygens (including phenoxy) is 2. The average Bonchev–Trinajstić information content (AvgIpc) is 2.56. The van der Waals surface area contributed by atoms with E-state index in [1.165, 1.54) is 0 Å². The van der Waals surface area contributed by atoms with Gasteiger partial charge in [0.1, 0.15) is 17.7 Å². The summed E-state index contributed by atoms with van der Waals surface area (Å²) in [5.41, 5.74) is -1.22. The van der Waals surface area contributed by atoms with Crippen LogP contribution in [0, 0.1) is 0 Å². The summed E-state index contributed by atoms with van der Waals surface area (Å²) in [6.45, 7) is 12.2. The number of piperazine rings is 1. The number of hydrogen-bond donors (Lipinski definition) is 2. The Kier molecular flexibility index (Phi) is 8.72. The highest BCUT2D eigenvalue weighted by Crippen LogP contribution is 2.08. The highest BCUT2D eigenvalue weighted by atomic mass is 16.6. The van der Waals surface area contributed by atoms with Crippen molar-refractivity contribution in [3.05, 3.63) is 0 Å². The van der Waals surface area contributed by atoms with Crippen molar-refractivity contribution in [3.63, 3.8) is 0 Å². The van der Waals surface area contributed by atoms with Gasteiger partial charge in [0.05, 0.1) is 0 Å². The Labute approximate surface area is 172 Å². The lowest BCUT2D eigenvalue weighted by molar-refractivity contribution is -0.139. The van der Waals surface area contributed by atoms with Gasteiger partial charge in [0, 0.05) is 39.1 Å². The van der Waals surface area contributed by atoms with Gasteiger partial charge in [-0.15, -0.1) is 0 Å². The van der Waals surface area contributed by atoms with Crippen molar-refractivity contribution in [2.45, 2.75) is 59.2 Å². The molecule has 0 spiro atoms. The van der Waals surface area contributed by atoms with Crippen LogP contribution in [0.2, 0.25) is 0 Å². The summed E-state index contributed by atoms with van der Waals surface area (Å²) in [6.07, 6.45) is -1.04. The molecule has 10 nitrogen and oxygen atoms in total. The first-order valence-electron chi connectivity index (χ1n) is 9.76. The molecule has 1 fully saturated rings. The van der Waals surface area contributed by atoms with E-state index < -0.39 is 23.4 Å². The second kappa shape index (κ2) is 10.3. The quantitative estimate of drug-likeness (QED) is 0.696. The van der Waals surface area contributed by atoms with Crippen LogP contribution in [-0.2, 0) is 19.1 Å². The number of nitrogens with one attached hydrogen (secondary N) is 2. The highest BCUT2D eigenvalue weighted by Gasteiger charge is 2.25. The maximum absolute atomic E-state index is 12.2. The fourth-order valence-electron chi connectivity index (χ4n) is 2.52. The van der Waals surface area contributed by atoms with E-state index in [1.807, 2.05) is 0 Å². The van der Waals surface area contributed by atoms with E-state index in [0.29, 0.717) is 26.2 Å². The summed E-state index contributed by atoms with van der Waals surface area (Å²) < 4.78 is 10.2. The molecule has 1 saturated heterocycles. The molecule has 1 rings (SSSR count). The fourth-order valence-corrected chi connectivity index (χ4v) is 2.52. The fraction of sp³-hybridized carbons (Fsp3) is 0.789. The van der Waals surface area contributed by atoms with Crippen LogP contribution >= 0.6 is 0 Å². The molecule has 0 unspecified atom stereocenters. The smallest absolute Gasteiger partial charge is 0.408 e. The van der Waals surface area contributed by atoms with Crippen molar-refractivity contribution in [1.82, 2.24) is 20.4 Å². The lowest BCUT2D eigenvalue weighted by Gasteiger charge is -2.35. The van der Waals surface area contributed by atoms with Crippen molar-refractivity contribution in [3.8, 4) is 0 Å². The molecule has 0 bridgehead atoms. The molecular weight excluding hydrogens is 380 g/mol. The van der Waals surface area contributed by atoms with Gasteiger partial charge in [-0.1, -0.05) is 0 Å². The minimum atomic E-state index is -0.642. The first-order valence-corrected chi connectivity index (χ1v) is 9.76. The van der Waals surface area contributed by atoms with Gasteiger partial charge in [-0.25, -0.2) is 9.59 Å². The number of carbonyl (C=O) groups is 4. The molecule has 0 aromatic rings. The average molecular weight is 415 g/mol. The van der Waals surface area contributed by atoms with Crippen molar-refractivity contribution in [1.29, 1.82) is 0 Å². The summed E-state index contributed by atoms with van der Waals surface area (Å²) in [6, 6.07) is 0. The van der Waals surface area contributed by atoms with Gasteiger partial charge in [0.15, 0.2) is 0 Å². The molecule has 0 saturated carbocycles. The van der Waals surface area contributed by atoms with E-state index in [0.717, 1.165) is 0 Å².